The van der Waals surface area contributed by atoms with Crippen LogP contribution in [0.2, 0.25) is 0 Å². The van der Waals surface area contributed by atoms with E-state index in [9.17, 15) is 5.11 Å². The van der Waals surface area contributed by atoms with Crippen molar-refractivity contribution in [3.8, 4) is 5.75 Å². The minimum Gasteiger partial charge on any atom is -0.508 e. The summed E-state index contributed by atoms with van der Waals surface area (Å²) in [5.41, 5.74) is 6.57. The van der Waals surface area contributed by atoms with E-state index in [4.69, 9.17) is 10.8 Å². The molecule has 0 aliphatic rings. The lowest BCUT2D eigenvalue weighted by atomic mass is 9.99. The van der Waals surface area contributed by atoms with Crippen LogP contribution < -0.4 is 5.73 Å². The summed E-state index contributed by atoms with van der Waals surface area (Å²) in [6.07, 6.45) is 0.450. The molecule has 0 amide bonds. The molecule has 0 fully saturated rings. The van der Waals surface area contributed by atoms with Crippen LogP contribution in [-0.2, 0) is 0 Å². The summed E-state index contributed by atoms with van der Waals surface area (Å²) in [5.74, 6) is 0.194. The van der Waals surface area contributed by atoms with Crippen molar-refractivity contribution in [2.75, 3.05) is 6.61 Å². The van der Waals surface area contributed by atoms with Crippen molar-refractivity contribution < 1.29 is 10.2 Å². The lowest BCUT2D eigenvalue weighted by molar-refractivity contribution is 0.275. The number of phenols is 1. The topological polar surface area (TPSA) is 66.5 Å². The van der Waals surface area contributed by atoms with E-state index >= 15 is 0 Å². The summed E-state index contributed by atoms with van der Waals surface area (Å²) in [6, 6.07) is 11.1. The predicted molar refractivity (Wildman–Crippen MR) is 64.2 cm³/mol. The van der Waals surface area contributed by atoms with Gasteiger partial charge < -0.3 is 15.9 Å². The Balaban J connectivity index is 2.49. The van der Waals surface area contributed by atoms with Gasteiger partial charge in [-0.3, -0.25) is 0 Å². The van der Waals surface area contributed by atoms with E-state index in [2.05, 4.69) is 0 Å². The molecule has 2 aromatic rings. The molecule has 1 unspecified atom stereocenters. The monoisotopic (exact) mass is 217 g/mol. The molecule has 1 atom stereocenters. The maximum atomic E-state index is 9.84. The van der Waals surface area contributed by atoms with Gasteiger partial charge in [0.2, 0.25) is 0 Å². The average molecular weight is 217 g/mol. The van der Waals surface area contributed by atoms with Crippen molar-refractivity contribution in [2.45, 2.75) is 12.5 Å². The first-order valence-electron chi connectivity index (χ1n) is 5.30. The number of rotatable bonds is 3. The first-order valence-corrected chi connectivity index (χ1v) is 5.30. The molecule has 2 aromatic carbocycles. The fourth-order valence-electron chi connectivity index (χ4n) is 1.84. The maximum absolute atomic E-state index is 9.84. The van der Waals surface area contributed by atoms with Gasteiger partial charge in [-0.15, -0.1) is 0 Å². The van der Waals surface area contributed by atoms with E-state index in [1.165, 1.54) is 0 Å². The second kappa shape index (κ2) is 4.51. The highest BCUT2D eigenvalue weighted by Gasteiger charge is 2.11. The molecule has 0 heterocycles. The highest BCUT2D eigenvalue weighted by atomic mass is 16.3. The van der Waals surface area contributed by atoms with Crippen LogP contribution in [0, 0.1) is 0 Å². The smallest absolute Gasteiger partial charge is 0.120 e. The van der Waals surface area contributed by atoms with Crippen molar-refractivity contribution in [1.82, 2.24) is 0 Å². The van der Waals surface area contributed by atoms with Gasteiger partial charge in [0.05, 0.1) is 0 Å². The van der Waals surface area contributed by atoms with E-state index in [1.807, 2.05) is 30.3 Å². The largest absolute Gasteiger partial charge is 0.508 e. The first-order chi connectivity index (χ1) is 7.72. The van der Waals surface area contributed by atoms with Gasteiger partial charge in [-0.1, -0.05) is 24.3 Å². The van der Waals surface area contributed by atoms with Crippen LogP contribution in [0.25, 0.3) is 10.8 Å². The summed E-state index contributed by atoms with van der Waals surface area (Å²) >= 11 is 0. The minimum absolute atomic E-state index is 0.0213. The zero-order valence-corrected chi connectivity index (χ0v) is 8.93. The summed E-state index contributed by atoms with van der Waals surface area (Å²) in [5, 5.41) is 20.7. The normalized spacial score (nSPS) is 12.9. The van der Waals surface area contributed by atoms with Crippen LogP contribution in [0.4, 0.5) is 0 Å². The van der Waals surface area contributed by atoms with Crippen LogP contribution in [-0.4, -0.2) is 16.8 Å². The Morgan fingerprint density at radius 2 is 1.75 bits per heavy atom. The molecule has 4 N–H and O–H groups in total. The van der Waals surface area contributed by atoms with Crippen molar-refractivity contribution in [3.05, 3.63) is 42.0 Å². The molecular weight excluding hydrogens is 202 g/mol. The quantitative estimate of drug-likeness (QED) is 0.736. The number of aliphatic hydroxyl groups is 1. The molecule has 0 saturated heterocycles. The molecular formula is C13H15NO2. The van der Waals surface area contributed by atoms with Crippen LogP contribution in [0.1, 0.15) is 18.0 Å². The fraction of sp³-hybridized carbons (Fsp3) is 0.231. The molecule has 0 bridgehead atoms. The van der Waals surface area contributed by atoms with Crippen molar-refractivity contribution in [3.63, 3.8) is 0 Å². The molecule has 0 saturated carbocycles. The zero-order chi connectivity index (χ0) is 11.5. The highest BCUT2D eigenvalue weighted by molar-refractivity contribution is 5.85. The van der Waals surface area contributed by atoms with Crippen molar-refractivity contribution in [2.24, 2.45) is 5.73 Å². The molecule has 0 spiro atoms. The number of fused-ring (bicyclic) bond motifs is 1. The Hall–Kier alpha value is -1.58. The van der Waals surface area contributed by atoms with Crippen molar-refractivity contribution in [1.29, 1.82) is 0 Å². The lowest BCUT2D eigenvalue weighted by Gasteiger charge is -2.13. The third kappa shape index (κ3) is 2.01. The predicted octanol–water partition coefficient (Wildman–Crippen LogP) is 1.93. The van der Waals surface area contributed by atoms with Gasteiger partial charge in [0.15, 0.2) is 0 Å². The third-order valence-electron chi connectivity index (χ3n) is 2.73. The summed E-state index contributed by atoms with van der Waals surface area (Å²) in [4.78, 5) is 0. The van der Waals surface area contributed by atoms with Gasteiger partial charge >= 0.3 is 0 Å². The number of benzene rings is 2. The molecule has 0 aliphatic carbocycles. The van der Waals surface area contributed by atoms with Gasteiger partial charge in [-0.05, 0) is 29.3 Å². The summed E-state index contributed by atoms with van der Waals surface area (Å²) in [6.45, 7) is 0.0213. The van der Waals surface area contributed by atoms with E-state index in [1.54, 1.807) is 6.07 Å². The molecule has 3 heteroatoms. The van der Waals surface area contributed by atoms with Crippen molar-refractivity contribution >= 4 is 10.8 Å². The van der Waals surface area contributed by atoms with Crippen LogP contribution in [0.15, 0.2) is 36.4 Å². The molecule has 2 rings (SSSR count). The standard InChI is InChI=1S/C13H15NO2/c14-12(5-6-15)11-7-9-3-1-2-4-10(9)8-13(11)16/h1-4,7-8,12,15-16H,5-6,14H2. The number of nitrogens with two attached hydrogens (primary N) is 1. The Morgan fingerprint density at radius 3 is 2.38 bits per heavy atom. The van der Waals surface area contributed by atoms with Gasteiger partial charge in [0, 0.05) is 18.2 Å². The van der Waals surface area contributed by atoms with Crippen LogP contribution in [0.3, 0.4) is 0 Å². The maximum Gasteiger partial charge on any atom is 0.120 e. The number of phenolic OH excluding ortho intramolecular Hbond substituents is 1. The van der Waals surface area contributed by atoms with E-state index in [0.717, 1.165) is 10.8 Å². The highest BCUT2D eigenvalue weighted by Crippen LogP contribution is 2.29. The molecule has 0 aliphatic heterocycles. The van der Waals surface area contributed by atoms with Gasteiger partial charge in [-0.2, -0.15) is 0 Å². The Morgan fingerprint density at radius 1 is 1.12 bits per heavy atom. The zero-order valence-electron chi connectivity index (χ0n) is 8.93. The SMILES string of the molecule is NC(CCO)c1cc2ccccc2cc1O. The van der Waals surface area contributed by atoms with Crippen LogP contribution in [0.5, 0.6) is 5.75 Å². The van der Waals surface area contributed by atoms with Gasteiger partial charge in [-0.25, -0.2) is 0 Å². The molecule has 3 nitrogen and oxygen atoms in total. The summed E-state index contributed by atoms with van der Waals surface area (Å²) in [7, 11) is 0. The van der Waals surface area contributed by atoms with E-state index < -0.39 is 0 Å². The van der Waals surface area contributed by atoms with E-state index in [-0.39, 0.29) is 18.4 Å². The molecule has 0 aromatic heterocycles. The number of aromatic hydroxyl groups is 1. The minimum atomic E-state index is -0.324. The number of hydrogen-bond acceptors (Lipinski definition) is 3. The fourth-order valence-corrected chi connectivity index (χ4v) is 1.84. The average Bonchev–Trinajstić information content (AvgIpc) is 2.28. The van der Waals surface area contributed by atoms with Gasteiger partial charge in [0.1, 0.15) is 5.75 Å². The Kier molecular flexibility index (Phi) is 3.08. The first kappa shape index (κ1) is 10.9. The molecule has 0 radical (unpaired) electrons. The van der Waals surface area contributed by atoms with Crippen LogP contribution >= 0.6 is 0 Å². The summed E-state index contributed by atoms with van der Waals surface area (Å²) < 4.78 is 0. The Labute approximate surface area is 94.1 Å². The number of hydrogen-bond donors (Lipinski definition) is 3. The second-order valence-electron chi connectivity index (χ2n) is 3.88. The molecule has 16 heavy (non-hydrogen) atoms. The van der Waals surface area contributed by atoms with E-state index in [0.29, 0.717) is 12.0 Å². The Bertz CT molecular complexity index is 496. The third-order valence-corrected chi connectivity index (χ3v) is 2.73. The van der Waals surface area contributed by atoms with Gasteiger partial charge in [0.25, 0.3) is 0 Å². The molecule has 84 valence electrons. The second-order valence-corrected chi connectivity index (χ2v) is 3.88. The number of aliphatic hydroxyl groups excluding tert-OH is 1. The lowest BCUT2D eigenvalue weighted by Crippen LogP contribution is -2.12.